The number of fused-ring (bicyclic) bond motifs is 2. The Balaban J connectivity index is 1.10. The number of halogens is 1. The number of benzene rings is 1. The molecule has 2 amide bonds. The monoisotopic (exact) mass is 491 g/mol. The summed E-state index contributed by atoms with van der Waals surface area (Å²) in [5.74, 6) is 0.473. The van der Waals surface area contributed by atoms with E-state index in [9.17, 15) is 14.4 Å². The molecule has 1 saturated heterocycles. The number of aromatic nitrogens is 2. The standard InChI is InChI=1S/C23H30ClN5O3S/c24-13-5-10-18-19(11-13)29(23(32)27-18)15-8-6-14(7-9-15)25-20(30)12-33-22-26-17-4-2-1-3-16(17)21(31)28-22/h5,10-11,14-17,22,26H,1-4,6-9,12H2,(H,25,30)(H,27,32)(H,28,31). The van der Waals surface area contributed by atoms with Gasteiger partial charge in [-0.2, -0.15) is 0 Å². The molecule has 1 aromatic carbocycles. The first-order valence-electron chi connectivity index (χ1n) is 11.8. The van der Waals surface area contributed by atoms with Crippen molar-refractivity contribution in [3.05, 3.63) is 33.7 Å². The van der Waals surface area contributed by atoms with Crippen LogP contribution in [0.15, 0.2) is 23.0 Å². The van der Waals surface area contributed by atoms with E-state index in [2.05, 4.69) is 20.9 Å². The molecule has 2 saturated carbocycles. The molecule has 1 aromatic heterocycles. The summed E-state index contributed by atoms with van der Waals surface area (Å²) in [7, 11) is 0. The second kappa shape index (κ2) is 9.72. The van der Waals surface area contributed by atoms with Gasteiger partial charge in [0.05, 0.1) is 22.7 Å². The maximum Gasteiger partial charge on any atom is 0.326 e. The van der Waals surface area contributed by atoms with Gasteiger partial charge in [0, 0.05) is 23.1 Å². The summed E-state index contributed by atoms with van der Waals surface area (Å²) in [6.07, 6.45) is 7.52. The van der Waals surface area contributed by atoms with E-state index in [1.165, 1.54) is 11.8 Å². The molecule has 178 valence electrons. The molecule has 33 heavy (non-hydrogen) atoms. The van der Waals surface area contributed by atoms with E-state index in [-0.39, 0.29) is 47.0 Å². The molecule has 3 atom stereocenters. The fourth-order valence-corrected chi connectivity index (χ4v) is 6.61. The van der Waals surface area contributed by atoms with Gasteiger partial charge in [0.1, 0.15) is 5.50 Å². The van der Waals surface area contributed by atoms with Gasteiger partial charge in [-0.05, 0) is 56.7 Å². The zero-order valence-electron chi connectivity index (χ0n) is 18.4. The molecule has 8 nitrogen and oxygen atoms in total. The van der Waals surface area contributed by atoms with Gasteiger partial charge in [-0.3, -0.25) is 19.5 Å². The fourth-order valence-electron chi connectivity index (χ4n) is 5.57. The van der Waals surface area contributed by atoms with E-state index in [1.54, 1.807) is 6.07 Å². The van der Waals surface area contributed by atoms with Crippen molar-refractivity contribution in [2.24, 2.45) is 5.92 Å². The van der Waals surface area contributed by atoms with Gasteiger partial charge in [-0.1, -0.05) is 24.4 Å². The van der Waals surface area contributed by atoms with Crippen LogP contribution in [0.4, 0.5) is 0 Å². The number of carbonyl (C=O) groups is 2. The molecule has 3 fully saturated rings. The summed E-state index contributed by atoms with van der Waals surface area (Å²) in [6.45, 7) is 0. The Morgan fingerprint density at radius 2 is 1.91 bits per heavy atom. The van der Waals surface area contributed by atoms with Gasteiger partial charge < -0.3 is 15.6 Å². The summed E-state index contributed by atoms with van der Waals surface area (Å²) >= 11 is 7.58. The molecule has 0 radical (unpaired) electrons. The smallest absolute Gasteiger partial charge is 0.326 e. The minimum absolute atomic E-state index is 0.0127. The molecule has 4 N–H and O–H groups in total. The predicted octanol–water partition coefficient (Wildman–Crippen LogP) is 2.88. The molecule has 2 aromatic rings. The van der Waals surface area contributed by atoms with Crippen molar-refractivity contribution in [3.63, 3.8) is 0 Å². The van der Waals surface area contributed by atoms with Crippen LogP contribution in [-0.4, -0.2) is 44.7 Å². The van der Waals surface area contributed by atoms with Crippen LogP contribution in [-0.2, 0) is 9.59 Å². The largest absolute Gasteiger partial charge is 0.353 e. The highest BCUT2D eigenvalue weighted by Gasteiger charge is 2.37. The Hall–Kier alpha value is -1.97. The van der Waals surface area contributed by atoms with Crippen molar-refractivity contribution >= 4 is 46.2 Å². The highest BCUT2D eigenvalue weighted by atomic mass is 35.5. The average molecular weight is 492 g/mol. The van der Waals surface area contributed by atoms with E-state index < -0.39 is 0 Å². The Morgan fingerprint density at radius 1 is 1.12 bits per heavy atom. The summed E-state index contributed by atoms with van der Waals surface area (Å²) in [6, 6.07) is 5.86. The second-order valence-corrected chi connectivity index (χ2v) is 10.9. The second-order valence-electron chi connectivity index (χ2n) is 9.40. The number of hydrogen-bond donors (Lipinski definition) is 4. The molecule has 3 aliphatic rings. The third-order valence-corrected chi connectivity index (χ3v) is 8.48. The van der Waals surface area contributed by atoms with E-state index in [4.69, 9.17) is 11.6 Å². The summed E-state index contributed by atoms with van der Waals surface area (Å²) in [4.78, 5) is 40.3. The zero-order chi connectivity index (χ0) is 22.9. The van der Waals surface area contributed by atoms with Crippen LogP contribution < -0.4 is 21.6 Å². The molecule has 10 heteroatoms. The molecular weight excluding hydrogens is 462 g/mol. The molecule has 5 rings (SSSR count). The molecule has 2 heterocycles. The summed E-state index contributed by atoms with van der Waals surface area (Å²) in [5, 5.41) is 10.2. The maximum atomic E-state index is 12.5. The summed E-state index contributed by atoms with van der Waals surface area (Å²) < 4.78 is 1.81. The van der Waals surface area contributed by atoms with Gasteiger partial charge in [0.15, 0.2) is 0 Å². The van der Waals surface area contributed by atoms with Crippen LogP contribution in [0.3, 0.4) is 0 Å². The minimum atomic E-state index is -0.209. The topological polar surface area (TPSA) is 108 Å². The highest BCUT2D eigenvalue weighted by molar-refractivity contribution is 8.00. The number of nitrogens with zero attached hydrogens (tertiary/aromatic N) is 1. The number of aromatic amines is 1. The maximum absolute atomic E-state index is 12.5. The number of carbonyl (C=O) groups excluding carboxylic acids is 2. The lowest BCUT2D eigenvalue weighted by Gasteiger charge is -2.39. The number of amides is 2. The number of hydrogen-bond acceptors (Lipinski definition) is 5. The van der Waals surface area contributed by atoms with Crippen LogP contribution in [0, 0.1) is 5.92 Å². The number of thioether (sulfide) groups is 1. The van der Waals surface area contributed by atoms with Crippen molar-refractivity contribution < 1.29 is 9.59 Å². The highest BCUT2D eigenvalue weighted by Crippen LogP contribution is 2.31. The minimum Gasteiger partial charge on any atom is -0.353 e. The predicted molar refractivity (Wildman–Crippen MR) is 130 cm³/mol. The quantitative estimate of drug-likeness (QED) is 0.514. The Labute approximate surface area is 201 Å². The molecule has 1 aliphatic heterocycles. The van der Waals surface area contributed by atoms with Crippen LogP contribution in [0.5, 0.6) is 0 Å². The SMILES string of the molecule is O=C(CSC1NC(=O)C2CCCCC2N1)NC1CCC(n2c(=O)[nH]c3ccc(Cl)cc32)CC1. The Morgan fingerprint density at radius 3 is 2.73 bits per heavy atom. The van der Waals surface area contributed by atoms with E-state index in [1.807, 2.05) is 16.7 Å². The molecule has 3 unspecified atom stereocenters. The Kier molecular flexibility index (Phi) is 6.72. The molecular formula is C23H30ClN5O3S. The third kappa shape index (κ3) is 4.95. The third-order valence-electron chi connectivity index (χ3n) is 7.23. The summed E-state index contributed by atoms with van der Waals surface area (Å²) in [5.41, 5.74) is 1.30. The van der Waals surface area contributed by atoms with E-state index in [0.29, 0.717) is 10.8 Å². The van der Waals surface area contributed by atoms with Crippen LogP contribution in [0.25, 0.3) is 11.0 Å². The molecule has 0 bridgehead atoms. The number of rotatable bonds is 5. The van der Waals surface area contributed by atoms with Gasteiger partial charge in [-0.25, -0.2) is 4.79 Å². The first-order valence-corrected chi connectivity index (χ1v) is 13.3. The van der Waals surface area contributed by atoms with Crippen molar-refractivity contribution in [2.75, 3.05) is 5.75 Å². The van der Waals surface area contributed by atoms with Gasteiger partial charge in [0.25, 0.3) is 0 Å². The van der Waals surface area contributed by atoms with Crippen LogP contribution >= 0.6 is 23.4 Å². The van der Waals surface area contributed by atoms with Crippen molar-refractivity contribution in [1.29, 1.82) is 0 Å². The van der Waals surface area contributed by atoms with Crippen molar-refractivity contribution in [3.8, 4) is 0 Å². The van der Waals surface area contributed by atoms with Crippen LogP contribution in [0.2, 0.25) is 5.02 Å². The van der Waals surface area contributed by atoms with E-state index >= 15 is 0 Å². The number of imidazole rings is 1. The Bertz CT molecular complexity index is 1090. The lowest BCUT2D eigenvalue weighted by molar-refractivity contribution is -0.129. The first kappa shape index (κ1) is 22.8. The lowest BCUT2D eigenvalue weighted by atomic mass is 9.83. The van der Waals surface area contributed by atoms with E-state index in [0.717, 1.165) is 62.4 Å². The van der Waals surface area contributed by atoms with Crippen LogP contribution in [0.1, 0.15) is 57.4 Å². The van der Waals surface area contributed by atoms with Crippen molar-refractivity contribution in [1.82, 2.24) is 25.5 Å². The van der Waals surface area contributed by atoms with Gasteiger partial charge in [-0.15, -0.1) is 11.8 Å². The first-order chi connectivity index (χ1) is 16.0. The fraction of sp³-hybridized carbons (Fsp3) is 0.609. The molecule has 2 aliphatic carbocycles. The van der Waals surface area contributed by atoms with Crippen molar-refractivity contribution in [2.45, 2.75) is 75.0 Å². The molecule has 0 spiro atoms. The number of nitrogens with one attached hydrogen (secondary N) is 4. The van der Waals surface area contributed by atoms with Gasteiger partial charge >= 0.3 is 5.69 Å². The van der Waals surface area contributed by atoms with Gasteiger partial charge in [0.2, 0.25) is 11.8 Å². The normalized spacial score (nSPS) is 30.0. The number of H-pyrrole nitrogens is 1. The zero-order valence-corrected chi connectivity index (χ0v) is 20.0. The lowest BCUT2D eigenvalue weighted by Crippen LogP contribution is -2.61. The average Bonchev–Trinajstić information content (AvgIpc) is 3.13.